The van der Waals surface area contributed by atoms with Crippen LogP contribution in [0.15, 0.2) is 22.7 Å². The van der Waals surface area contributed by atoms with E-state index in [0.717, 1.165) is 0 Å². The number of ether oxygens (including phenoxy) is 2. The molecular weight excluding hydrogens is 344 g/mol. The van der Waals surface area contributed by atoms with Gasteiger partial charge in [-0.15, -0.1) is 0 Å². The topological polar surface area (TPSA) is 96.9 Å². The molecule has 0 aliphatic carbocycles. The third-order valence-electron chi connectivity index (χ3n) is 3.12. The van der Waals surface area contributed by atoms with Crippen molar-refractivity contribution in [3.8, 4) is 5.75 Å². The van der Waals surface area contributed by atoms with Gasteiger partial charge in [0, 0.05) is 5.69 Å². The molecule has 1 aliphatic heterocycles. The number of carbonyl (C=O) groups is 2. The van der Waals surface area contributed by atoms with Gasteiger partial charge in [0.2, 0.25) is 0 Å². The highest BCUT2D eigenvalue weighted by Crippen LogP contribution is 2.27. The number of halogens is 1. The molecule has 0 bridgehead atoms. The van der Waals surface area contributed by atoms with Gasteiger partial charge in [0.15, 0.2) is 0 Å². The number of amides is 2. The molecule has 8 heteroatoms. The number of anilines is 1. The Hall–Kier alpha value is -1.80. The maximum absolute atomic E-state index is 11.9. The molecular formula is C13H15BrN2O5. The van der Waals surface area contributed by atoms with E-state index in [1.807, 2.05) is 0 Å². The largest absolute Gasteiger partial charge is 0.496 e. The van der Waals surface area contributed by atoms with E-state index in [2.05, 4.69) is 26.6 Å². The minimum absolute atomic E-state index is 0.106. The molecule has 0 spiro atoms. The van der Waals surface area contributed by atoms with Crippen molar-refractivity contribution < 1.29 is 24.2 Å². The number of benzene rings is 1. The summed E-state index contributed by atoms with van der Waals surface area (Å²) in [6.45, 7) is 0.297. The number of carbonyl (C=O) groups excluding carboxylic acids is 1. The fourth-order valence-electron chi connectivity index (χ4n) is 2.02. The third kappa shape index (κ3) is 3.85. The van der Waals surface area contributed by atoms with Crippen LogP contribution in [0.5, 0.6) is 5.75 Å². The van der Waals surface area contributed by atoms with Crippen LogP contribution >= 0.6 is 15.9 Å². The van der Waals surface area contributed by atoms with Gasteiger partial charge in [-0.2, -0.15) is 0 Å². The summed E-state index contributed by atoms with van der Waals surface area (Å²) >= 11 is 3.32. The van der Waals surface area contributed by atoms with Gasteiger partial charge < -0.3 is 25.2 Å². The molecule has 1 aliphatic rings. The molecule has 1 saturated heterocycles. The normalized spacial score (nSPS) is 20.9. The Morgan fingerprint density at radius 2 is 2.19 bits per heavy atom. The molecule has 2 atom stereocenters. The maximum atomic E-state index is 11.9. The summed E-state index contributed by atoms with van der Waals surface area (Å²) in [6.07, 6.45) is 0. The summed E-state index contributed by atoms with van der Waals surface area (Å²) in [4.78, 5) is 22.9. The first-order chi connectivity index (χ1) is 10.0. The lowest BCUT2D eigenvalue weighted by Gasteiger charge is -2.16. The first-order valence-electron chi connectivity index (χ1n) is 6.23. The van der Waals surface area contributed by atoms with E-state index >= 15 is 0 Å². The molecule has 0 aromatic heterocycles. The van der Waals surface area contributed by atoms with Crippen LogP contribution in [-0.2, 0) is 9.53 Å². The van der Waals surface area contributed by atoms with Crippen LogP contribution < -0.4 is 15.4 Å². The van der Waals surface area contributed by atoms with E-state index in [9.17, 15) is 9.59 Å². The SMILES string of the molecule is COc1ccc(NC(=O)NC2COCC2C(=O)O)cc1Br. The molecule has 7 nitrogen and oxygen atoms in total. The lowest BCUT2D eigenvalue weighted by atomic mass is 10.0. The molecule has 1 aromatic rings. The zero-order chi connectivity index (χ0) is 15.4. The average Bonchev–Trinajstić information content (AvgIpc) is 2.87. The molecule has 0 saturated carbocycles. The molecule has 1 aromatic carbocycles. The number of nitrogens with one attached hydrogen (secondary N) is 2. The summed E-state index contributed by atoms with van der Waals surface area (Å²) in [5, 5.41) is 14.2. The second-order valence-corrected chi connectivity index (χ2v) is 5.39. The highest BCUT2D eigenvalue weighted by Gasteiger charge is 2.35. The standard InChI is InChI=1S/C13H15BrN2O5/c1-20-11-3-2-7(4-9(11)14)15-13(19)16-10-6-21-5-8(10)12(17)18/h2-4,8,10H,5-6H2,1H3,(H,17,18)(H2,15,16,19). The Balaban J connectivity index is 1.95. The predicted molar refractivity (Wildman–Crippen MR) is 78.6 cm³/mol. The van der Waals surface area contributed by atoms with Crippen molar-refractivity contribution in [3.63, 3.8) is 0 Å². The first-order valence-corrected chi connectivity index (χ1v) is 7.02. The van der Waals surface area contributed by atoms with Crippen molar-refractivity contribution in [1.82, 2.24) is 5.32 Å². The predicted octanol–water partition coefficient (Wildman–Crippen LogP) is 1.68. The molecule has 2 unspecified atom stereocenters. The Morgan fingerprint density at radius 3 is 2.81 bits per heavy atom. The molecule has 1 fully saturated rings. The highest BCUT2D eigenvalue weighted by molar-refractivity contribution is 9.10. The van der Waals surface area contributed by atoms with Gasteiger partial charge in [0.1, 0.15) is 11.7 Å². The molecule has 21 heavy (non-hydrogen) atoms. The van der Waals surface area contributed by atoms with Gasteiger partial charge in [0.05, 0.1) is 30.8 Å². The number of aliphatic carboxylic acids is 1. The lowest BCUT2D eigenvalue weighted by Crippen LogP contribution is -2.44. The van der Waals surface area contributed by atoms with Crippen molar-refractivity contribution in [3.05, 3.63) is 22.7 Å². The summed E-state index contributed by atoms with van der Waals surface area (Å²) in [7, 11) is 1.55. The molecule has 114 valence electrons. The van der Waals surface area contributed by atoms with Gasteiger partial charge in [-0.05, 0) is 34.1 Å². The van der Waals surface area contributed by atoms with E-state index in [1.165, 1.54) is 0 Å². The molecule has 0 radical (unpaired) electrons. The number of rotatable bonds is 4. The monoisotopic (exact) mass is 358 g/mol. The molecule has 2 amide bonds. The quantitative estimate of drug-likeness (QED) is 0.760. The van der Waals surface area contributed by atoms with Crippen molar-refractivity contribution >= 4 is 33.6 Å². The van der Waals surface area contributed by atoms with Crippen LogP contribution in [-0.4, -0.2) is 43.5 Å². The summed E-state index contributed by atoms with van der Waals surface area (Å²) < 4.78 is 10.9. The lowest BCUT2D eigenvalue weighted by molar-refractivity contribution is -0.142. The average molecular weight is 359 g/mol. The van der Waals surface area contributed by atoms with Gasteiger partial charge in [-0.1, -0.05) is 0 Å². The fourth-order valence-corrected chi connectivity index (χ4v) is 2.56. The number of hydrogen-bond donors (Lipinski definition) is 3. The van der Waals surface area contributed by atoms with Crippen LogP contribution in [0.3, 0.4) is 0 Å². The number of carboxylic acids is 1. The van der Waals surface area contributed by atoms with E-state index in [0.29, 0.717) is 15.9 Å². The minimum Gasteiger partial charge on any atom is -0.496 e. The zero-order valence-corrected chi connectivity index (χ0v) is 12.8. The van der Waals surface area contributed by atoms with Crippen LogP contribution in [0.25, 0.3) is 0 Å². The molecule has 1 heterocycles. The third-order valence-corrected chi connectivity index (χ3v) is 3.74. The highest BCUT2D eigenvalue weighted by atomic mass is 79.9. The number of hydrogen-bond acceptors (Lipinski definition) is 4. The Labute approximate surface area is 129 Å². The van der Waals surface area contributed by atoms with E-state index in [1.54, 1.807) is 25.3 Å². The smallest absolute Gasteiger partial charge is 0.319 e. The van der Waals surface area contributed by atoms with Crippen molar-refractivity contribution in [2.75, 3.05) is 25.6 Å². The van der Waals surface area contributed by atoms with Gasteiger partial charge in [-0.25, -0.2) is 4.79 Å². The van der Waals surface area contributed by atoms with E-state index in [-0.39, 0.29) is 13.2 Å². The van der Waals surface area contributed by atoms with Crippen molar-refractivity contribution in [2.24, 2.45) is 5.92 Å². The molecule has 2 rings (SSSR count). The number of carboxylic acid groups (broad SMARTS) is 1. The van der Waals surface area contributed by atoms with Gasteiger partial charge >= 0.3 is 12.0 Å². The Bertz CT molecular complexity index is 551. The molecule has 3 N–H and O–H groups in total. The van der Waals surface area contributed by atoms with Crippen LogP contribution in [0.1, 0.15) is 0 Å². The number of methoxy groups -OCH3 is 1. The fraction of sp³-hybridized carbons (Fsp3) is 0.385. The summed E-state index contributed by atoms with van der Waals surface area (Å²) in [5.74, 6) is -1.06. The first kappa shape index (κ1) is 15.6. The van der Waals surface area contributed by atoms with E-state index < -0.39 is 24.0 Å². The van der Waals surface area contributed by atoms with Gasteiger partial charge in [0.25, 0.3) is 0 Å². The summed E-state index contributed by atoms with van der Waals surface area (Å²) in [6, 6.07) is 4.07. The number of urea groups is 1. The maximum Gasteiger partial charge on any atom is 0.319 e. The second kappa shape index (κ2) is 6.77. The van der Waals surface area contributed by atoms with Gasteiger partial charge in [-0.3, -0.25) is 4.79 Å². The minimum atomic E-state index is -0.981. The van der Waals surface area contributed by atoms with Crippen LogP contribution in [0.4, 0.5) is 10.5 Å². The van der Waals surface area contributed by atoms with Crippen molar-refractivity contribution in [1.29, 1.82) is 0 Å². The Morgan fingerprint density at radius 1 is 1.43 bits per heavy atom. The Kier molecular flexibility index (Phi) is 5.03. The second-order valence-electron chi connectivity index (χ2n) is 4.54. The van der Waals surface area contributed by atoms with Crippen molar-refractivity contribution in [2.45, 2.75) is 6.04 Å². The van der Waals surface area contributed by atoms with E-state index in [4.69, 9.17) is 14.6 Å². The van der Waals surface area contributed by atoms with Crippen LogP contribution in [0.2, 0.25) is 0 Å². The van der Waals surface area contributed by atoms with Crippen LogP contribution in [0, 0.1) is 5.92 Å². The zero-order valence-electron chi connectivity index (χ0n) is 11.3. The summed E-state index contributed by atoms with van der Waals surface area (Å²) in [5.41, 5.74) is 0.561.